The lowest BCUT2D eigenvalue weighted by Crippen LogP contribution is -2.67. The molecular formula is C18H28FNO3. The van der Waals surface area contributed by atoms with Crippen LogP contribution < -0.4 is 14.8 Å². The van der Waals surface area contributed by atoms with Crippen LogP contribution in [-0.4, -0.2) is 33.5 Å². The minimum Gasteiger partial charge on any atom is -0.493 e. The van der Waals surface area contributed by atoms with Crippen molar-refractivity contribution in [1.29, 1.82) is 0 Å². The maximum Gasteiger partial charge on any atom is 0.163 e. The summed E-state index contributed by atoms with van der Waals surface area (Å²) in [7, 11) is 4.80. The zero-order valence-corrected chi connectivity index (χ0v) is 15.1. The monoisotopic (exact) mass is 325 g/mol. The molecule has 1 aliphatic rings. The standard InChI is InChI=1S/C18H28FNO3/c1-10-16(18(3,4)17(10)23-7)20-11(2)12-8-14(21-5)15(22-6)9-13(12)19/h8-11,16-17,20H,1-7H3/t10-,11+,16-,17+/m1/s1. The molecule has 130 valence electrons. The first-order valence-corrected chi connectivity index (χ1v) is 7.98. The van der Waals surface area contributed by atoms with Gasteiger partial charge in [0, 0.05) is 36.2 Å². The smallest absolute Gasteiger partial charge is 0.163 e. The molecule has 0 unspecified atom stereocenters. The van der Waals surface area contributed by atoms with Crippen molar-refractivity contribution in [2.45, 2.75) is 45.9 Å². The van der Waals surface area contributed by atoms with Crippen LogP contribution in [0.15, 0.2) is 12.1 Å². The zero-order valence-electron chi connectivity index (χ0n) is 15.1. The molecule has 4 nitrogen and oxygen atoms in total. The molecule has 23 heavy (non-hydrogen) atoms. The second-order valence-corrected chi connectivity index (χ2v) is 6.93. The van der Waals surface area contributed by atoms with E-state index in [-0.39, 0.29) is 29.4 Å². The second kappa shape index (κ2) is 6.65. The fraction of sp³-hybridized carbons (Fsp3) is 0.667. The number of hydrogen-bond donors (Lipinski definition) is 1. The number of rotatable bonds is 6. The lowest BCUT2D eigenvalue weighted by atomic mass is 9.57. The van der Waals surface area contributed by atoms with Crippen LogP contribution in [0.5, 0.6) is 11.5 Å². The first-order chi connectivity index (χ1) is 10.8. The SMILES string of the molecule is COc1cc(F)c([C@H](C)N[C@@H]2[C@@H](C)[C@H](OC)C2(C)C)cc1OC. The third-order valence-corrected chi connectivity index (χ3v) is 5.19. The van der Waals surface area contributed by atoms with Crippen molar-refractivity contribution in [1.82, 2.24) is 5.32 Å². The summed E-state index contributed by atoms with van der Waals surface area (Å²) in [4.78, 5) is 0. The van der Waals surface area contributed by atoms with Gasteiger partial charge in [0.2, 0.25) is 0 Å². The minimum atomic E-state index is -0.296. The molecule has 1 aromatic carbocycles. The molecule has 0 spiro atoms. The van der Waals surface area contributed by atoms with Crippen LogP contribution in [0.2, 0.25) is 0 Å². The first-order valence-electron chi connectivity index (χ1n) is 7.98. The van der Waals surface area contributed by atoms with Gasteiger partial charge in [0.15, 0.2) is 11.5 Å². The summed E-state index contributed by atoms with van der Waals surface area (Å²) in [5.74, 6) is 1.02. The van der Waals surface area contributed by atoms with Crippen molar-refractivity contribution in [3.8, 4) is 11.5 Å². The Hall–Kier alpha value is -1.33. The fourth-order valence-electron chi connectivity index (χ4n) is 4.03. The molecular weight excluding hydrogens is 297 g/mol. The van der Waals surface area contributed by atoms with E-state index in [4.69, 9.17) is 14.2 Å². The summed E-state index contributed by atoms with van der Waals surface area (Å²) < 4.78 is 30.4. The Bertz CT molecular complexity index is 561. The van der Waals surface area contributed by atoms with Crippen LogP contribution in [0.1, 0.15) is 39.3 Å². The maximum atomic E-state index is 14.4. The Balaban J connectivity index is 2.20. The van der Waals surface area contributed by atoms with E-state index in [1.807, 2.05) is 6.92 Å². The van der Waals surface area contributed by atoms with Crippen LogP contribution in [-0.2, 0) is 4.74 Å². The summed E-state index contributed by atoms with van der Waals surface area (Å²) in [6, 6.07) is 3.20. The Morgan fingerprint density at radius 1 is 1.13 bits per heavy atom. The predicted molar refractivity (Wildman–Crippen MR) is 88.6 cm³/mol. The summed E-state index contributed by atoms with van der Waals surface area (Å²) in [5.41, 5.74) is 0.585. The lowest BCUT2D eigenvalue weighted by Gasteiger charge is -2.57. The van der Waals surface area contributed by atoms with Crippen molar-refractivity contribution in [2.75, 3.05) is 21.3 Å². The summed E-state index contributed by atoms with van der Waals surface area (Å²) in [5, 5.41) is 3.55. The molecule has 1 aromatic rings. The molecule has 1 fully saturated rings. The van der Waals surface area contributed by atoms with E-state index in [0.29, 0.717) is 23.0 Å². The largest absolute Gasteiger partial charge is 0.493 e. The molecule has 0 amide bonds. The summed E-state index contributed by atoms with van der Waals surface area (Å²) in [6.45, 7) is 8.48. The van der Waals surface area contributed by atoms with Gasteiger partial charge < -0.3 is 19.5 Å². The highest BCUT2D eigenvalue weighted by atomic mass is 19.1. The van der Waals surface area contributed by atoms with Gasteiger partial charge in [0.25, 0.3) is 0 Å². The number of ether oxygens (including phenoxy) is 3. The molecule has 4 atom stereocenters. The van der Waals surface area contributed by atoms with Gasteiger partial charge in [-0.3, -0.25) is 0 Å². The van der Waals surface area contributed by atoms with Crippen molar-refractivity contribution in [2.24, 2.45) is 11.3 Å². The second-order valence-electron chi connectivity index (χ2n) is 6.93. The molecule has 0 aliphatic heterocycles. The highest BCUT2D eigenvalue weighted by Gasteiger charge is 2.54. The average Bonchev–Trinajstić information content (AvgIpc) is 2.52. The van der Waals surface area contributed by atoms with Crippen molar-refractivity contribution in [3.63, 3.8) is 0 Å². The van der Waals surface area contributed by atoms with E-state index in [2.05, 4.69) is 26.1 Å². The van der Waals surface area contributed by atoms with Gasteiger partial charge in [-0.25, -0.2) is 4.39 Å². The third kappa shape index (κ3) is 3.04. The Labute approximate surface area is 138 Å². The summed E-state index contributed by atoms with van der Waals surface area (Å²) >= 11 is 0. The van der Waals surface area contributed by atoms with Crippen molar-refractivity contribution in [3.05, 3.63) is 23.5 Å². The molecule has 0 bridgehead atoms. The van der Waals surface area contributed by atoms with E-state index >= 15 is 0 Å². The molecule has 0 aromatic heterocycles. The molecule has 1 aliphatic carbocycles. The Kier molecular flexibility index (Phi) is 5.21. The van der Waals surface area contributed by atoms with E-state index in [1.165, 1.54) is 13.2 Å². The van der Waals surface area contributed by atoms with E-state index < -0.39 is 0 Å². The number of halogens is 1. The lowest BCUT2D eigenvalue weighted by molar-refractivity contribution is -0.147. The summed E-state index contributed by atoms with van der Waals surface area (Å²) in [6.07, 6.45) is 0.211. The van der Waals surface area contributed by atoms with Crippen LogP contribution in [0.4, 0.5) is 4.39 Å². The highest BCUT2D eigenvalue weighted by molar-refractivity contribution is 5.44. The van der Waals surface area contributed by atoms with Crippen molar-refractivity contribution >= 4 is 0 Å². The molecule has 0 saturated heterocycles. The van der Waals surface area contributed by atoms with Gasteiger partial charge in [0.1, 0.15) is 5.82 Å². The van der Waals surface area contributed by atoms with Gasteiger partial charge in [-0.15, -0.1) is 0 Å². The molecule has 1 saturated carbocycles. The molecule has 0 radical (unpaired) electrons. The number of hydrogen-bond acceptors (Lipinski definition) is 4. The highest BCUT2D eigenvalue weighted by Crippen LogP contribution is 2.48. The third-order valence-electron chi connectivity index (χ3n) is 5.19. The molecule has 2 rings (SSSR count). The number of nitrogens with one attached hydrogen (secondary N) is 1. The van der Waals surface area contributed by atoms with Gasteiger partial charge >= 0.3 is 0 Å². The van der Waals surface area contributed by atoms with Gasteiger partial charge in [0.05, 0.1) is 20.3 Å². The Morgan fingerprint density at radius 2 is 1.70 bits per heavy atom. The molecule has 0 heterocycles. The van der Waals surface area contributed by atoms with Crippen molar-refractivity contribution < 1.29 is 18.6 Å². The quantitative estimate of drug-likeness (QED) is 0.868. The van der Waals surface area contributed by atoms with Crippen LogP contribution in [0.3, 0.4) is 0 Å². The molecule has 1 N–H and O–H groups in total. The minimum absolute atomic E-state index is 0.00938. The van der Waals surface area contributed by atoms with Gasteiger partial charge in [-0.2, -0.15) is 0 Å². The number of benzene rings is 1. The average molecular weight is 325 g/mol. The number of methoxy groups -OCH3 is 3. The predicted octanol–water partition coefficient (Wildman–Crippen LogP) is 3.55. The first kappa shape index (κ1) is 18.0. The van der Waals surface area contributed by atoms with Crippen LogP contribution >= 0.6 is 0 Å². The molecule has 5 heteroatoms. The van der Waals surface area contributed by atoms with E-state index in [9.17, 15) is 4.39 Å². The van der Waals surface area contributed by atoms with E-state index in [1.54, 1.807) is 20.3 Å². The van der Waals surface area contributed by atoms with Gasteiger partial charge in [-0.1, -0.05) is 20.8 Å². The normalized spacial score (nSPS) is 27.2. The topological polar surface area (TPSA) is 39.7 Å². The van der Waals surface area contributed by atoms with Gasteiger partial charge in [-0.05, 0) is 18.9 Å². The zero-order chi connectivity index (χ0) is 17.4. The Morgan fingerprint density at radius 3 is 2.17 bits per heavy atom. The van der Waals surface area contributed by atoms with Crippen LogP contribution in [0, 0.1) is 17.2 Å². The fourth-order valence-corrected chi connectivity index (χ4v) is 4.03. The van der Waals surface area contributed by atoms with Crippen LogP contribution in [0.25, 0.3) is 0 Å². The van der Waals surface area contributed by atoms with E-state index in [0.717, 1.165) is 0 Å². The maximum absolute atomic E-state index is 14.4.